The molecule has 14 heteroatoms. The van der Waals surface area contributed by atoms with Crippen molar-refractivity contribution in [1.82, 2.24) is 19.6 Å². The van der Waals surface area contributed by atoms with Crippen LogP contribution < -0.4 is 15.9 Å². The summed E-state index contributed by atoms with van der Waals surface area (Å²) in [5.41, 5.74) is 5.11. The molecular formula is C17H13FN6O5S2. The number of halogens is 1. The normalized spacial score (nSPS) is 20.4. The van der Waals surface area contributed by atoms with Crippen LogP contribution in [-0.2, 0) is 14.4 Å². The summed E-state index contributed by atoms with van der Waals surface area (Å²) in [6.45, 7) is 0. The molecule has 160 valence electrons. The highest BCUT2D eigenvalue weighted by Gasteiger charge is 2.53. The summed E-state index contributed by atoms with van der Waals surface area (Å²) in [6.07, 6.45) is 1.44. The van der Waals surface area contributed by atoms with Crippen LogP contribution in [0.1, 0.15) is 5.82 Å². The zero-order valence-electron chi connectivity index (χ0n) is 15.4. The number of nitrogens with two attached hydrogens (primary N) is 1. The lowest BCUT2D eigenvalue weighted by molar-refractivity contribution is -0.150. The molecule has 1 fully saturated rings. The Bertz CT molecular complexity index is 1120. The number of hydrogen-bond acceptors (Lipinski definition) is 10. The van der Waals surface area contributed by atoms with Gasteiger partial charge in [0, 0.05) is 17.3 Å². The molecule has 2 amide bonds. The molecule has 0 bridgehead atoms. The van der Waals surface area contributed by atoms with Gasteiger partial charge in [0.15, 0.2) is 10.9 Å². The molecule has 2 aliphatic heterocycles. The van der Waals surface area contributed by atoms with Gasteiger partial charge >= 0.3 is 5.97 Å². The number of benzene rings is 1. The molecule has 31 heavy (non-hydrogen) atoms. The number of rotatable bonds is 6. The number of fused-ring (bicyclic) bond motifs is 1. The molecule has 0 aliphatic carbocycles. The van der Waals surface area contributed by atoms with Gasteiger partial charge in [-0.2, -0.15) is 9.36 Å². The fraction of sp³-hybridized carbons (Fsp3) is 0.176. The lowest BCUT2D eigenvalue weighted by Gasteiger charge is -2.48. The lowest BCUT2D eigenvalue weighted by atomic mass is 10.0. The third kappa shape index (κ3) is 4.06. The molecule has 1 unspecified atom stereocenters. The van der Waals surface area contributed by atoms with Gasteiger partial charge in [0.25, 0.3) is 11.8 Å². The van der Waals surface area contributed by atoms with Crippen molar-refractivity contribution >= 4 is 51.9 Å². The number of anilines is 1. The van der Waals surface area contributed by atoms with Gasteiger partial charge in [-0.05, 0) is 30.3 Å². The molecule has 1 aromatic heterocycles. The number of thioether (sulfide) groups is 1. The number of nitrogens with one attached hydrogen (secondary N) is 1. The van der Waals surface area contributed by atoms with E-state index in [1.807, 2.05) is 0 Å². The van der Waals surface area contributed by atoms with E-state index in [0.29, 0.717) is 5.75 Å². The molecule has 0 saturated carbocycles. The molecule has 4 rings (SSSR count). The van der Waals surface area contributed by atoms with Crippen LogP contribution in [0.4, 0.5) is 9.52 Å². The maximum Gasteiger partial charge on any atom is 0.352 e. The van der Waals surface area contributed by atoms with E-state index in [0.717, 1.165) is 28.6 Å². The number of oxime groups is 1. The van der Waals surface area contributed by atoms with E-state index in [1.165, 1.54) is 30.0 Å². The van der Waals surface area contributed by atoms with Crippen LogP contribution in [-0.4, -0.2) is 60.0 Å². The maximum absolute atomic E-state index is 13.1. The SMILES string of the molecule is Nc1nc(C(=NOc2ccc(F)cc2)C(=O)NC2C(=O)N3C(C(=O)O)=CCS[C@H]23)ns1. The number of nitrogen functional groups attached to an aromatic ring is 1. The molecule has 2 atom stereocenters. The Balaban J connectivity index is 1.54. The van der Waals surface area contributed by atoms with Crippen LogP contribution in [0.3, 0.4) is 0 Å². The highest BCUT2D eigenvalue weighted by Crippen LogP contribution is 2.37. The Labute approximate surface area is 181 Å². The van der Waals surface area contributed by atoms with Crippen LogP contribution in [0.25, 0.3) is 0 Å². The third-order valence-corrected chi connectivity index (χ3v) is 6.00. The summed E-state index contributed by atoms with van der Waals surface area (Å²) in [7, 11) is 0. The average Bonchev–Trinajstić information content (AvgIpc) is 3.18. The van der Waals surface area contributed by atoms with Crippen molar-refractivity contribution in [1.29, 1.82) is 0 Å². The Morgan fingerprint density at radius 3 is 2.74 bits per heavy atom. The van der Waals surface area contributed by atoms with Crippen LogP contribution in [0, 0.1) is 5.82 Å². The minimum absolute atomic E-state index is 0.0854. The van der Waals surface area contributed by atoms with Gasteiger partial charge in [-0.1, -0.05) is 5.16 Å². The molecule has 2 aliphatic rings. The van der Waals surface area contributed by atoms with Crippen molar-refractivity contribution in [2.24, 2.45) is 5.16 Å². The number of amides is 2. The quantitative estimate of drug-likeness (QED) is 0.312. The number of carbonyl (C=O) groups excluding carboxylic acids is 2. The summed E-state index contributed by atoms with van der Waals surface area (Å²) < 4.78 is 17.0. The highest BCUT2D eigenvalue weighted by atomic mass is 32.2. The second-order valence-corrected chi connectivity index (χ2v) is 8.15. The van der Waals surface area contributed by atoms with E-state index in [9.17, 15) is 23.9 Å². The topological polar surface area (TPSA) is 160 Å². The van der Waals surface area contributed by atoms with Crippen molar-refractivity contribution in [3.05, 3.63) is 47.7 Å². The molecule has 0 spiro atoms. The van der Waals surface area contributed by atoms with E-state index < -0.39 is 35.0 Å². The smallest absolute Gasteiger partial charge is 0.352 e. The second-order valence-electron chi connectivity index (χ2n) is 6.22. The van der Waals surface area contributed by atoms with Crippen LogP contribution in [0.2, 0.25) is 0 Å². The molecule has 1 aromatic carbocycles. The molecular weight excluding hydrogens is 451 g/mol. The molecule has 11 nitrogen and oxygen atoms in total. The first-order valence-corrected chi connectivity index (χ1v) is 10.5. The van der Waals surface area contributed by atoms with Gasteiger partial charge < -0.3 is 21.0 Å². The first-order chi connectivity index (χ1) is 14.8. The van der Waals surface area contributed by atoms with Crippen LogP contribution in [0.5, 0.6) is 5.75 Å². The standard InChI is InChI=1S/C17H13FN6O5S2/c18-7-1-3-8(4-2-7)29-22-10(12-21-17(19)31-23-12)13(25)20-11-14(26)24-9(16(27)28)5-6-30-15(11)24/h1-5,11,15H,6H2,(H,20,25)(H,27,28)(H2,19,21,23)/t11?,15-/m1/s1. The van der Waals surface area contributed by atoms with Gasteiger partial charge in [-0.3, -0.25) is 14.5 Å². The van der Waals surface area contributed by atoms with Gasteiger partial charge in [-0.25, -0.2) is 9.18 Å². The number of β-lactam (4-membered cyclic amide) rings is 1. The monoisotopic (exact) mass is 464 g/mol. The van der Waals surface area contributed by atoms with E-state index in [1.54, 1.807) is 0 Å². The number of nitrogens with zero attached hydrogens (tertiary/aromatic N) is 4. The molecule has 1 saturated heterocycles. The van der Waals surface area contributed by atoms with E-state index in [2.05, 4.69) is 19.8 Å². The van der Waals surface area contributed by atoms with E-state index in [4.69, 9.17) is 10.6 Å². The van der Waals surface area contributed by atoms with Gasteiger partial charge in [-0.15, -0.1) is 11.8 Å². The Morgan fingerprint density at radius 2 is 2.10 bits per heavy atom. The molecule has 4 N–H and O–H groups in total. The Hall–Kier alpha value is -3.52. The molecule has 2 aromatic rings. The number of carboxylic acid groups (broad SMARTS) is 1. The van der Waals surface area contributed by atoms with E-state index in [-0.39, 0.29) is 28.1 Å². The Kier molecular flexibility index (Phi) is 5.56. The first kappa shape index (κ1) is 20.7. The number of carbonyl (C=O) groups is 3. The average molecular weight is 464 g/mol. The third-order valence-electron chi connectivity index (χ3n) is 4.28. The number of carboxylic acids is 1. The van der Waals surface area contributed by atoms with Crippen LogP contribution >= 0.6 is 23.3 Å². The summed E-state index contributed by atoms with van der Waals surface area (Å²) in [5.74, 6) is -2.67. The largest absolute Gasteiger partial charge is 0.477 e. The maximum atomic E-state index is 13.1. The highest BCUT2D eigenvalue weighted by molar-refractivity contribution is 8.00. The predicted molar refractivity (Wildman–Crippen MR) is 109 cm³/mol. The lowest BCUT2D eigenvalue weighted by Crippen LogP contribution is -2.70. The predicted octanol–water partition coefficient (Wildman–Crippen LogP) is 0.411. The van der Waals surface area contributed by atoms with Crippen molar-refractivity contribution in [3.8, 4) is 5.75 Å². The first-order valence-electron chi connectivity index (χ1n) is 8.64. The van der Waals surface area contributed by atoms with Crippen LogP contribution in [0.15, 0.2) is 41.2 Å². The zero-order valence-corrected chi connectivity index (χ0v) is 17.0. The fourth-order valence-electron chi connectivity index (χ4n) is 2.86. The molecule has 0 radical (unpaired) electrons. The fourth-order valence-corrected chi connectivity index (χ4v) is 4.49. The summed E-state index contributed by atoms with van der Waals surface area (Å²) in [5, 5.41) is 15.0. The second kappa shape index (κ2) is 8.31. The number of aliphatic carboxylic acids is 1. The van der Waals surface area contributed by atoms with Crippen molar-refractivity contribution < 1.29 is 28.7 Å². The summed E-state index contributed by atoms with van der Waals surface area (Å²) in [6, 6.07) is 3.96. The molecule has 3 heterocycles. The number of hydrogen-bond donors (Lipinski definition) is 3. The summed E-state index contributed by atoms with van der Waals surface area (Å²) in [4.78, 5) is 46.8. The van der Waals surface area contributed by atoms with Gasteiger partial charge in [0.1, 0.15) is 22.9 Å². The number of aromatic nitrogens is 2. The minimum Gasteiger partial charge on any atom is -0.477 e. The van der Waals surface area contributed by atoms with Crippen molar-refractivity contribution in [2.75, 3.05) is 11.5 Å². The van der Waals surface area contributed by atoms with Crippen molar-refractivity contribution in [2.45, 2.75) is 11.4 Å². The van der Waals surface area contributed by atoms with Crippen molar-refractivity contribution in [3.63, 3.8) is 0 Å². The Morgan fingerprint density at radius 1 is 1.35 bits per heavy atom. The summed E-state index contributed by atoms with van der Waals surface area (Å²) >= 11 is 2.14. The van der Waals surface area contributed by atoms with E-state index >= 15 is 0 Å². The van der Waals surface area contributed by atoms with Gasteiger partial charge in [0.2, 0.25) is 11.5 Å². The zero-order chi connectivity index (χ0) is 22.1. The minimum atomic E-state index is -1.22. The van der Waals surface area contributed by atoms with Gasteiger partial charge in [0.05, 0.1) is 0 Å².